The Hall–Kier alpha value is -4.56. The molecule has 3 heterocycles. The van der Waals surface area contributed by atoms with Crippen molar-refractivity contribution in [1.82, 2.24) is 14.8 Å². The fourth-order valence-electron chi connectivity index (χ4n) is 6.50. The van der Waals surface area contributed by atoms with Crippen molar-refractivity contribution >= 4 is 40.1 Å². The number of rotatable bonds is 8. The Morgan fingerprint density at radius 1 is 1.07 bits per heavy atom. The second-order valence-corrected chi connectivity index (χ2v) is 11.9. The standard InChI is InChI=1S/C35H35ClN4O4/c1-19-17-23(18-20(2)31(19)36)44-16-8-12-26-25-9-6-11-28(30-21(3)38-39(5)22(30)4)32(25)37-33(26)34(41)40-15-14-24-27(35(42)43)10-7-13-29(24)40/h6-7,9-11,13,17-18,37H,8,12,14-16H2,1-5H3,(H,42,43). The summed E-state index contributed by atoms with van der Waals surface area (Å²) in [4.78, 5) is 31.4. The number of carbonyl (C=O) groups excluding carboxylic acids is 1. The third-order valence-corrected chi connectivity index (χ3v) is 9.28. The van der Waals surface area contributed by atoms with Gasteiger partial charge in [0.25, 0.3) is 5.91 Å². The number of amides is 1. The Balaban J connectivity index is 1.39. The van der Waals surface area contributed by atoms with Crippen LogP contribution in [0.3, 0.4) is 0 Å². The van der Waals surface area contributed by atoms with Crippen molar-refractivity contribution in [1.29, 1.82) is 0 Å². The number of carboxylic acids is 1. The van der Waals surface area contributed by atoms with Crippen LogP contribution in [0.2, 0.25) is 5.02 Å². The first-order valence-corrected chi connectivity index (χ1v) is 15.1. The van der Waals surface area contributed by atoms with Gasteiger partial charge in [0.05, 0.1) is 23.4 Å². The number of carboxylic acid groups (broad SMARTS) is 1. The Morgan fingerprint density at radius 2 is 1.80 bits per heavy atom. The lowest BCUT2D eigenvalue weighted by Gasteiger charge is -2.18. The third kappa shape index (κ3) is 5.03. The number of H-pyrrole nitrogens is 1. The lowest BCUT2D eigenvalue weighted by atomic mass is 9.98. The molecule has 2 aromatic heterocycles. The fraction of sp³-hybridized carbons (Fsp3) is 0.286. The number of ether oxygens (including phenoxy) is 1. The number of halogens is 1. The average Bonchev–Trinajstić information content (AvgIpc) is 3.66. The van der Waals surface area contributed by atoms with E-state index in [1.807, 2.05) is 63.7 Å². The Bertz CT molecular complexity index is 1930. The lowest BCUT2D eigenvalue weighted by molar-refractivity contribution is 0.0695. The highest BCUT2D eigenvalue weighted by Crippen LogP contribution is 2.38. The predicted octanol–water partition coefficient (Wildman–Crippen LogP) is 7.37. The van der Waals surface area contributed by atoms with E-state index >= 15 is 0 Å². The molecule has 0 saturated heterocycles. The topological polar surface area (TPSA) is 100 Å². The van der Waals surface area contributed by atoms with E-state index in [1.165, 1.54) is 0 Å². The molecule has 3 aromatic carbocycles. The van der Waals surface area contributed by atoms with Crippen LogP contribution in [-0.4, -0.2) is 44.9 Å². The summed E-state index contributed by atoms with van der Waals surface area (Å²) >= 11 is 6.34. The molecule has 8 nitrogen and oxygen atoms in total. The van der Waals surface area contributed by atoms with Gasteiger partial charge in [0.1, 0.15) is 11.4 Å². The summed E-state index contributed by atoms with van der Waals surface area (Å²) in [5, 5.41) is 16.1. The Kier molecular flexibility index (Phi) is 7.72. The van der Waals surface area contributed by atoms with Crippen molar-refractivity contribution in [3.05, 3.63) is 98.5 Å². The molecule has 2 N–H and O–H groups in total. The number of para-hydroxylation sites is 1. The van der Waals surface area contributed by atoms with Gasteiger partial charge in [-0.05, 0) is 93.5 Å². The number of hydrogen-bond donors (Lipinski definition) is 2. The van der Waals surface area contributed by atoms with Crippen LogP contribution in [0.25, 0.3) is 22.0 Å². The van der Waals surface area contributed by atoms with E-state index in [0.717, 1.165) is 60.9 Å². The Morgan fingerprint density at radius 3 is 2.48 bits per heavy atom. The molecule has 44 heavy (non-hydrogen) atoms. The van der Waals surface area contributed by atoms with E-state index in [0.29, 0.717) is 49.4 Å². The van der Waals surface area contributed by atoms with E-state index in [2.05, 4.69) is 22.2 Å². The molecule has 0 spiro atoms. The summed E-state index contributed by atoms with van der Waals surface area (Å²) in [6.45, 7) is 8.85. The number of aromatic carboxylic acids is 1. The molecule has 0 atom stereocenters. The van der Waals surface area contributed by atoms with Gasteiger partial charge in [0, 0.05) is 46.5 Å². The Labute approximate surface area is 261 Å². The summed E-state index contributed by atoms with van der Waals surface area (Å²) in [5.74, 6) is -0.388. The summed E-state index contributed by atoms with van der Waals surface area (Å²) in [6.07, 6.45) is 1.78. The molecule has 0 radical (unpaired) electrons. The number of hydrogen-bond acceptors (Lipinski definition) is 4. The number of benzene rings is 3. The largest absolute Gasteiger partial charge is 0.494 e. The normalized spacial score (nSPS) is 12.6. The number of aromatic amines is 1. The number of nitrogens with one attached hydrogen (secondary N) is 1. The molecule has 9 heteroatoms. The number of aromatic nitrogens is 3. The molecule has 0 unspecified atom stereocenters. The van der Waals surface area contributed by atoms with E-state index in [-0.39, 0.29) is 11.5 Å². The van der Waals surface area contributed by atoms with Crippen LogP contribution in [0, 0.1) is 27.7 Å². The second kappa shape index (κ2) is 11.5. The monoisotopic (exact) mass is 610 g/mol. The van der Waals surface area contributed by atoms with Crippen LogP contribution >= 0.6 is 11.6 Å². The van der Waals surface area contributed by atoms with Gasteiger partial charge in [-0.3, -0.25) is 9.48 Å². The highest BCUT2D eigenvalue weighted by molar-refractivity contribution is 6.32. The molecule has 5 aromatic rings. The SMILES string of the molecule is Cc1cc(OCCCc2c(C(=O)N3CCc4c(C(=O)O)cccc43)[nH]c3c(-c4c(C)nn(C)c4C)cccc23)cc(C)c1Cl. The van der Waals surface area contributed by atoms with Gasteiger partial charge in [-0.25, -0.2) is 4.79 Å². The maximum Gasteiger partial charge on any atom is 0.336 e. The maximum absolute atomic E-state index is 14.3. The van der Waals surface area contributed by atoms with Gasteiger partial charge in [0.2, 0.25) is 0 Å². The number of anilines is 1. The second-order valence-electron chi connectivity index (χ2n) is 11.5. The van der Waals surface area contributed by atoms with Gasteiger partial charge < -0.3 is 19.7 Å². The quantitative estimate of drug-likeness (QED) is 0.179. The van der Waals surface area contributed by atoms with Crippen molar-refractivity contribution in [3.8, 4) is 16.9 Å². The maximum atomic E-state index is 14.3. The first-order chi connectivity index (χ1) is 21.1. The molecule has 0 saturated carbocycles. The van der Waals surface area contributed by atoms with Crippen LogP contribution in [0.15, 0.2) is 48.5 Å². The van der Waals surface area contributed by atoms with E-state index in [9.17, 15) is 14.7 Å². The number of carbonyl (C=O) groups is 2. The van der Waals surface area contributed by atoms with Crippen LogP contribution in [0.5, 0.6) is 5.75 Å². The molecule has 0 aliphatic carbocycles. The van der Waals surface area contributed by atoms with Crippen molar-refractivity contribution in [2.24, 2.45) is 7.05 Å². The zero-order chi connectivity index (χ0) is 31.3. The van der Waals surface area contributed by atoms with Crippen LogP contribution in [-0.2, 0) is 19.9 Å². The van der Waals surface area contributed by atoms with Gasteiger partial charge in [-0.15, -0.1) is 0 Å². The van der Waals surface area contributed by atoms with Crippen LogP contribution < -0.4 is 9.64 Å². The molecular formula is C35H35ClN4O4. The molecule has 1 aliphatic rings. The van der Waals surface area contributed by atoms with Gasteiger partial charge in [-0.2, -0.15) is 5.10 Å². The van der Waals surface area contributed by atoms with Gasteiger partial charge >= 0.3 is 5.97 Å². The molecular weight excluding hydrogens is 576 g/mol. The molecule has 1 aliphatic heterocycles. The van der Waals surface area contributed by atoms with E-state index in [1.54, 1.807) is 17.0 Å². The highest BCUT2D eigenvalue weighted by atomic mass is 35.5. The predicted molar refractivity (Wildman–Crippen MR) is 173 cm³/mol. The zero-order valence-corrected chi connectivity index (χ0v) is 26.3. The van der Waals surface area contributed by atoms with Crippen molar-refractivity contribution in [2.75, 3.05) is 18.1 Å². The zero-order valence-electron chi connectivity index (χ0n) is 25.5. The van der Waals surface area contributed by atoms with Crippen LogP contribution in [0.4, 0.5) is 5.69 Å². The lowest BCUT2D eigenvalue weighted by Crippen LogP contribution is -2.30. The summed E-state index contributed by atoms with van der Waals surface area (Å²) < 4.78 is 7.98. The van der Waals surface area contributed by atoms with E-state index < -0.39 is 5.97 Å². The van der Waals surface area contributed by atoms with Crippen molar-refractivity contribution < 1.29 is 19.4 Å². The van der Waals surface area contributed by atoms with Crippen molar-refractivity contribution in [2.45, 2.75) is 47.0 Å². The molecule has 226 valence electrons. The minimum absolute atomic E-state index is 0.173. The first kappa shape index (κ1) is 29.5. The summed E-state index contributed by atoms with van der Waals surface area (Å²) in [5.41, 5.74) is 9.81. The highest BCUT2D eigenvalue weighted by Gasteiger charge is 2.32. The molecule has 1 amide bonds. The smallest absolute Gasteiger partial charge is 0.336 e. The molecule has 0 fully saturated rings. The minimum atomic E-state index is -0.986. The third-order valence-electron chi connectivity index (χ3n) is 8.69. The first-order valence-electron chi connectivity index (χ1n) is 14.8. The van der Waals surface area contributed by atoms with E-state index in [4.69, 9.17) is 16.3 Å². The fourth-order valence-corrected chi connectivity index (χ4v) is 6.61. The van der Waals surface area contributed by atoms with Gasteiger partial charge in [-0.1, -0.05) is 35.9 Å². The number of aryl methyl sites for hydroxylation is 5. The minimum Gasteiger partial charge on any atom is -0.494 e. The molecule has 0 bridgehead atoms. The summed E-state index contributed by atoms with van der Waals surface area (Å²) in [6, 6.07) is 15.1. The number of nitrogens with zero attached hydrogens (tertiary/aromatic N) is 3. The van der Waals surface area contributed by atoms with Crippen molar-refractivity contribution in [3.63, 3.8) is 0 Å². The molecule has 6 rings (SSSR count). The van der Waals surface area contributed by atoms with Crippen LogP contribution in [0.1, 0.15) is 60.9 Å². The van der Waals surface area contributed by atoms with Gasteiger partial charge in [0.15, 0.2) is 0 Å². The number of fused-ring (bicyclic) bond motifs is 2. The average molecular weight is 611 g/mol. The summed E-state index contributed by atoms with van der Waals surface area (Å²) in [7, 11) is 1.93.